The van der Waals surface area contributed by atoms with Gasteiger partial charge >= 0.3 is 0 Å². The Kier molecular flexibility index (Phi) is 5.88. The van der Waals surface area contributed by atoms with Crippen LogP contribution < -0.4 is 5.32 Å². The van der Waals surface area contributed by atoms with Crippen LogP contribution in [-0.4, -0.2) is 44.6 Å². The summed E-state index contributed by atoms with van der Waals surface area (Å²) in [5.74, 6) is -0.0606. The van der Waals surface area contributed by atoms with E-state index in [0.717, 1.165) is 23.2 Å². The van der Waals surface area contributed by atoms with Gasteiger partial charge in [-0.25, -0.2) is 0 Å². The van der Waals surface area contributed by atoms with Crippen LogP contribution in [0.25, 0.3) is 0 Å². The number of amides is 2. The van der Waals surface area contributed by atoms with E-state index in [1.54, 1.807) is 23.5 Å². The highest BCUT2D eigenvalue weighted by Crippen LogP contribution is 2.24. The van der Waals surface area contributed by atoms with Crippen LogP contribution in [0.5, 0.6) is 0 Å². The molecule has 0 fully saturated rings. The second kappa shape index (κ2) is 8.90. The molecule has 0 spiro atoms. The van der Waals surface area contributed by atoms with Gasteiger partial charge in [0, 0.05) is 37.2 Å². The molecule has 1 aromatic carbocycles. The minimum absolute atomic E-state index is 0.0192. The third kappa shape index (κ3) is 4.56. The zero-order valence-electron chi connectivity index (χ0n) is 17.0. The van der Waals surface area contributed by atoms with Crippen molar-refractivity contribution in [1.29, 1.82) is 0 Å². The zero-order chi connectivity index (χ0) is 20.9. The maximum Gasteiger partial charge on any atom is 0.254 e. The normalized spacial score (nSPS) is 15.5. The summed E-state index contributed by atoms with van der Waals surface area (Å²) >= 11 is 0. The topological polar surface area (TPSA) is 80.1 Å². The quantitative estimate of drug-likeness (QED) is 0.686. The number of hydrogen-bond acceptors (Lipinski definition) is 4. The Morgan fingerprint density at radius 1 is 1.13 bits per heavy atom. The van der Waals surface area contributed by atoms with Crippen molar-refractivity contribution in [3.8, 4) is 0 Å². The number of nitrogens with zero attached hydrogens (tertiary/aromatic N) is 4. The number of fused-ring (bicyclic) bond motifs is 1. The van der Waals surface area contributed by atoms with Crippen LogP contribution in [-0.2, 0) is 17.8 Å². The first kappa shape index (κ1) is 19.8. The largest absolute Gasteiger partial charge is 0.356 e. The first-order valence-corrected chi connectivity index (χ1v) is 10.1. The summed E-state index contributed by atoms with van der Waals surface area (Å²) < 4.78 is 1.88. The Morgan fingerprint density at radius 2 is 1.97 bits per heavy atom. The highest BCUT2D eigenvalue weighted by Gasteiger charge is 2.30. The lowest BCUT2D eigenvalue weighted by Gasteiger charge is -2.33. The fourth-order valence-electron chi connectivity index (χ4n) is 3.84. The molecular formula is C23H25N5O2. The Bertz CT molecular complexity index is 1030. The number of benzene rings is 1. The molecule has 7 heteroatoms. The fourth-order valence-corrected chi connectivity index (χ4v) is 3.84. The van der Waals surface area contributed by atoms with Gasteiger partial charge in [0.05, 0.1) is 24.7 Å². The minimum atomic E-state index is -0.182. The molecule has 154 valence electrons. The zero-order valence-corrected chi connectivity index (χ0v) is 17.0. The van der Waals surface area contributed by atoms with E-state index in [2.05, 4.69) is 15.4 Å². The maximum absolute atomic E-state index is 13.0. The molecule has 1 N–H and O–H groups in total. The first-order valence-electron chi connectivity index (χ1n) is 10.1. The molecule has 2 amide bonds. The molecule has 3 aromatic rings. The fraction of sp³-hybridized carbons (Fsp3) is 0.304. The molecule has 1 aliphatic heterocycles. The number of carbonyl (C=O) groups is 2. The molecule has 0 bridgehead atoms. The second-order valence-corrected chi connectivity index (χ2v) is 7.64. The van der Waals surface area contributed by atoms with E-state index in [1.165, 1.54) is 0 Å². The number of carbonyl (C=O) groups excluding carboxylic acids is 2. The van der Waals surface area contributed by atoms with Crippen molar-refractivity contribution in [2.45, 2.75) is 32.4 Å². The van der Waals surface area contributed by atoms with Gasteiger partial charge < -0.3 is 10.2 Å². The summed E-state index contributed by atoms with van der Waals surface area (Å²) in [6, 6.07) is 13.2. The first-order chi connectivity index (χ1) is 14.6. The summed E-state index contributed by atoms with van der Waals surface area (Å²) in [6.07, 6.45) is 6.26. The molecule has 1 atom stereocenters. The van der Waals surface area contributed by atoms with Crippen molar-refractivity contribution in [3.05, 3.63) is 83.4 Å². The van der Waals surface area contributed by atoms with E-state index in [-0.39, 0.29) is 24.3 Å². The summed E-state index contributed by atoms with van der Waals surface area (Å²) in [4.78, 5) is 31.4. The Morgan fingerprint density at radius 3 is 2.77 bits per heavy atom. The van der Waals surface area contributed by atoms with Gasteiger partial charge in [-0.3, -0.25) is 19.3 Å². The van der Waals surface area contributed by atoms with E-state index in [0.29, 0.717) is 25.2 Å². The number of aryl methyl sites for hydroxylation is 1. The van der Waals surface area contributed by atoms with Crippen LogP contribution in [0.4, 0.5) is 0 Å². The van der Waals surface area contributed by atoms with Gasteiger partial charge in [0.2, 0.25) is 5.91 Å². The van der Waals surface area contributed by atoms with Gasteiger partial charge in [-0.1, -0.05) is 17.7 Å². The smallest absolute Gasteiger partial charge is 0.254 e. The number of aromatic nitrogens is 3. The number of nitrogens with one attached hydrogen (secondary N) is 1. The van der Waals surface area contributed by atoms with Gasteiger partial charge in [-0.05, 0) is 49.2 Å². The average molecular weight is 403 g/mol. The van der Waals surface area contributed by atoms with Crippen LogP contribution >= 0.6 is 0 Å². The molecule has 0 unspecified atom stereocenters. The molecule has 3 heterocycles. The predicted molar refractivity (Wildman–Crippen MR) is 113 cm³/mol. The lowest BCUT2D eigenvalue weighted by molar-refractivity contribution is -0.122. The van der Waals surface area contributed by atoms with Gasteiger partial charge in [-0.2, -0.15) is 5.10 Å². The molecule has 0 aliphatic carbocycles. The average Bonchev–Trinajstić information content (AvgIpc) is 3.23. The van der Waals surface area contributed by atoms with E-state index in [9.17, 15) is 9.59 Å². The molecule has 0 radical (unpaired) electrons. The standard InChI is InChI=1S/C23H25N5O2/c1-17-3-2-4-19(13-17)23(30)27-15-20-8-12-26-28(20)21(16-27)14-22(29)25-11-7-18-5-9-24-10-6-18/h2-6,8-10,12-13,21H,7,11,14-16H2,1H3,(H,25,29)/t21-/m0/s1. The predicted octanol–water partition coefficient (Wildman–Crippen LogP) is 2.53. The summed E-state index contributed by atoms with van der Waals surface area (Å²) in [7, 11) is 0. The molecule has 7 nitrogen and oxygen atoms in total. The highest BCUT2D eigenvalue weighted by atomic mass is 16.2. The third-order valence-electron chi connectivity index (χ3n) is 5.34. The molecule has 1 aliphatic rings. The lowest BCUT2D eigenvalue weighted by atomic mass is 10.1. The minimum Gasteiger partial charge on any atom is -0.356 e. The van der Waals surface area contributed by atoms with E-state index < -0.39 is 0 Å². The molecule has 30 heavy (non-hydrogen) atoms. The Labute approximate surface area is 175 Å². The SMILES string of the molecule is Cc1cccc(C(=O)N2Cc3ccnn3[C@@H](CC(=O)NCCc3ccncc3)C2)c1. The molecular weight excluding hydrogens is 378 g/mol. The number of hydrogen-bond donors (Lipinski definition) is 1. The van der Waals surface area contributed by atoms with Gasteiger partial charge in [0.1, 0.15) is 0 Å². The van der Waals surface area contributed by atoms with Gasteiger partial charge in [0.25, 0.3) is 5.91 Å². The van der Waals surface area contributed by atoms with Crippen molar-refractivity contribution in [3.63, 3.8) is 0 Å². The van der Waals surface area contributed by atoms with Crippen molar-refractivity contribution in [1.82, 2.24) is 25.0 Å². The third-order valence-corrected chi connectivity index (χ3v) is 5.34. The second-order valence-electron chi connectivity index (χ2n) is 7.64. The maximum atomic E-state index is 13.0. The van der Waals surface area contributed by atoms with Gasteiger partial charge in [0.15, 0.2) is 0 Å². The summed E-state index contributed by atoms with van der Waals surface area (Å²) in [5.41, 5.74) is 3.79. The molecule has 0 saturated carbocycles. The van der Waals surface area contributed by atoms with Crippen LogP contribution in [0.1, 0.15) is 39.6 Å². The summed E-state index contributed by atoms with van der Waals surface area (Å²) in [5, 5.41) is 7.37. The van der Waals surface area contributed by atoms with E-state index >= 15 is 0 Å². The highest BCUT2D eigenvalue weighted by molar-refractivity contribution is 5.94. The molecule has 4 rings (SSSR count). The molecule has 2 aromatic heterocycles. The van der Waals surface area contributed by atoms with Crippen LogP contribution in [0.3, 0.4) is 0 Å². The van der Waals surface area contributed by atoms with Crippen LogP contribution in [0, 0.1) is 6.92 Å². The van der Waals surface area contributed by atoms with Gasteiger partial charge in [-0.15, -0.1) is 0 Å². The Hall–Kier alpha value is -3.48. The van der Waals surface area contributed by atoms with E-state index in [4.69, 9.17) is 0 Å². The van der Waals surface area contributed by atoms with Crippen molar-refractivity contribution >= 4 is 11.8 Å². The molecule has 0 saturated heterocycles. The van der Waals surface area contributed by atoms with Crippen molar-refractivity contribution < 1.29 is 9.59 Å². The monoisotopic (exact) mass is 403 g/mol. The Balaban J connectivity index is 1.40. The van der Waals surface area contributed by atoms with Crippen LogP contribution in [0.2, 0.25) is 0 Å². The lowest BCUT2D eigenvalue weighted by Crippen LogP contribution is -2.43. The van der Waals surface area contributed by atoms with Crippen molar-refractivity contribution in [2.24, 2.45) is 0 Å². The number of pyridine rings is 1. The van der Waals surface area contributed by atoms with E-state index in [1.807, 2.05) is 54.1 Å². The van der Waals surface area contributed by atoms with Crippen molar-refractivity contribution in [2.75, 3.05) is 13.1 Å². The number of rotatable bonds is 6. The van der Waals surface area contributed by atoms with Crippen LogP contribution in [0.15, 0.2) is 61.1 Å². The summed E-state index contributed by atoms with van der Waals surface area (Å²) in [6.45, 7) is 3.49.